The Morgan fingerprint density at radius 2 is 1.86 bits per heavy atom. The van der Waals surface area contributed by atoms with E-state index in [1.54, 1.807) is 12.0 Å². The van der Waals surface area contributed by atoms with Gasteiger partial charge >= 0.3 is 0 Å². The van der Waals surface area contributed by atoms with Crippen LogP contribution in [0.3, 0.4) is 0 Å². The lowest BCUT2D eigenvalue weighted by Gasteiger charge is -2.21. The second-order valence-electron chi connectivity index (χ2n) is 5.23. The summed E-state index contributed by atoms with van der Waals surface area (Å²) in [6, 6.07) is 7.60. The molecule has 0 unspecified atom stereocenters. The van der Waals surface area contributed by atoms with Crippen LogP contribution in [0.4, 0.5) is 0 Å². The van der Waals surface area contributed by atoms with Gasteiger partial charge in [0.05, 0.1) is 7.11 Å². The van der Waals surface area contributed by atoms with Crippen molar-refractivity contribution in [1.82, 2.24) is 10.2 Å². The number of benzene rings is 1. The average Bonchev–Trinajstić information content (AvgIpc) is 2.46. The van der Waals surface area contributed by atoms with Crippen molar-refractivity contribution < 1.29 is 14.3 Å². The fourth-order valence-corrected chi connectivity index (χ4v) is 1.82. The maximum Gasteiger partial charge on any atom is 0.222 e. The van der Waals surface area contributed by atoms with Gasteiger partial charge in [-0.15, -0.1) is 0 Å². The highest BCUT2D eigenvalue weighted by Crippen LogP contribution is 2.13. The molecule has 2 amide bonds. The smallest absolute Gasteiger partial charge is 0.222 e. The predicted molar refractivity (Wildman–Crippen MR) is 81.9 cm³/mol. The quantitative estimate of drug-likeness (QED) is 0.834. The van der Waals surface area contributed by atoms with Crippen molar-refractivity contribution in [2.24, 2.45) is 5.92 Å². The molecule has 0 bridgehead atoms. The highest BCUT2D eigenvalue weighted by molar-refractivity contribution is 5.78. The number of amides is 2. The summed E-state index contributed by atoms with van der Waals surface area (Å²) in [7, 11) is 1.62. The summed E-state index contributed by atoms with van der Waals surface area (Å²) in [5.74, 6) is 0.738. The number of ether oxygens (including phenoxy) is 1. The second kappa shape index (κ2) is 8.29. The van der Waals surface area contributed by atoms with Crippen molar-refractivity contribution in [3.05, 3.63) is 29.8 Å². The van der Waals surface area contributed by atoms with Gasteiger partial charge in [-0.1, -0.05) is 26.0 Å². The van der Waals surface area contributed by atoms with E-state index in [1.807, 2.05) is 38.1 Å². The molecule has 0 saturated carbocycles. The van der Waals surface area contributed by atoms with E-state index in [2.05, 4.69) is 5.32 Å². The first-order chi connectivity index (χ1) is 9.93. The molecule has 0 aliphatic heterocycles. The van der Waals surface area contributed by atoms with Crippen LogP contribution < -0.4 is 10.1 Å². The Hall–Kier alpha value is -2.04. The molecule has 0 aliphatic carbocycles. The van der Waals surface area contributed by atoms with Crippen LogP contribution in [-0.4, -0.2) is 36.9 Å². The molecule has 0 saturated heterocycles. The summed E-state index contributed by atoms with van der Waals surface area (Å²) < 4.78 is 5.11. The lowest BCUT2D eigenvalue weighted by atomic mass is 10.2. The largest absolute Gasteiger partial charge is 0.497 e. The van der Waals surface area contributed by atoms with Gasteiger partial charge in [0, 0.05) is 32.5 Å². The second-order valence-corrected chi connectivity index (χ2v) is 5.23. The molecule has 5 heteroatoms. The molecule has 0 radical (unpaired) electrons. The highest BCUT2D eigenvalue weighted by atomic mass is 16.5. The Bertz CT molecular complexity index is 469. The third-order valence-corrected chi connectivity index (χ3v) is 3.18. The van der Waals surface area contributed by atoms with Gasteiger partial charge < -0.3 is 15.0 Å². The van der Waals surface area contributed by atoms with Gasteiger partial charge in [-0.3, -0.25) is 9.59 Å². The van der Waals surface area contributed by atoms with E-state index in [0.29, 0.717) is 19.6 Å². The van der Waals surface area contributed by atoms with Crippen molar-refractivity contribution in [3.63, 3.8) is 0 Å². The van der Waals surface area contributed by atoms with E-state index in [9.17, 15) is 9.59 Å². The lowest BCUT2D eigenvalue weighted by Crippen LogP contribution is -2.38. The van der Waals surface area contributed by atoms with Gasteiger partial charge in [-0.05, 0) is 17.7 Å². The van der Waals surface area contributed by atoms with E-state index < -0.39 is 0 Å². The minimum atomic E-state index is -0.0441. The Morgan fingerprint density at radius 1 is 1.24 bits per heavy atom. The molecule has 0 aliphatic rings. The number of rotatable bonds is 7. The number of hydrogen-bond donors (Lipinski definition) is 1. The molecule has 0 aromatic heterocycles. The summed E-state index contributed by atoms with van der Waals surface area (Å²) >= 11 is 0. The van der Waals surface area contributed by atoms with Gasteiger partial charge in [0.25, 0.3) is 0 Å². The van der Waals surface area contributed by atoms with E-state index in [0.717, 1.165) is 11.3 Å². The van der Waals surface area contributed by atoms with Gasteiger partial charge in [0.1, 0.15) is 5.75 Å². The van der Waals surface area contributed by atoms with Crippen molar-refractivity contribution in [3.8, 4) is 5.75 Å². The lowest BCUT2D eigenvalue weighted by molar-refractivity contribution is -0.130. The maximum atomic E-state index is 11.7. The van der Waals surface area contributed by atoms with Crippen LogP contribution in [0.5, 0.6) is 5.75 Å². The number of methoxy groups -OCH3 is 1. The molecule has 1 aromatic carbocycles. The van der Waals surface area contributed by atoms with E-state index in [1.165, 1.54) is 6.92 Å². The molecule has 1 rings (SSSR count). The van der Waals surface area contributed by atoms with E-state index in [-0.39, 0.29) is 17.7 Å². The van der Waals surface area contributed by atoms with Crippen LogP contribution in [0.15, 0.2) is 24.3 Å². The van der Waals surface area contributed by atoms with Crippen LogP contribution in [-0.2, 0) is 16.1 Å². The standard InChI is InChI=1S/C16H24N2O3/c1-12(2)16(20)17-9-10-18(13(3)19)11-14-5-7-15(21-4)8-6-14/h5-8,12H,9-11H2,1-4H3,(H,17,20). The Balaban J connectivity index is 2.53. The third kappa shape index (κ3) is 5.85. The number of nitrogens with zero attached hydrogens (tertiary/aromatic N) is 1. The number of carbonyl (C=O) groups excluding carboxylic acids is 2. The van der Waals surface area contributed by atoms with Gasteiger partial charge in [-0.25, -0.2) is 0 Å². The monoisotopic (exact) mass is 292 g/mol. The molecule has 0 spiro atoms. The first-order valence-electron chi connectivity index (χ1n) is 7.10. The topological polar surface area (TPSA) is 58.6 Å². The minimum Gasteiger partial charge on any atom is -0.497 e. The van der Waals surface area contributed by atoms with Crippen LogP contribution in [0, 0.1) is 5.92 Å². The van der Waals surface area contributed by atoms with Crippen molar-refractivity contribution >= 4 is 11.8 Å². The Labute approximate surface area is 126 Å². The average molecular weight is 292 g/mol. The van der Waals surface area contributed by atoms with Crippen LogP contribution in [0.2, 0.25) is 0 Å². The van der Waals surface area contributed by atoms with Crippen LogP contribution in [0.1, 0.15) is 26.3 Å². The molecule has 0 fully saturated rings. The maximum absolute atomic E-state index is 11.7. The van der Waals surface area contributed by atoms with Gasteiger partial charge in [0.2, 0.25) is 11.8 Å². The van der Waals surface area contributed by atoms with Crippen molar-refractivity contribution in [2.75, 3.05) is 20.2 Å². The number of carbonyl (C=O) groups is 2. The summed E-state index contributed by atoms with van der Waals surface area (Å²) in [5.41, 5.74) is 1.03. The number of nitrogens with one attached hydrogen (secondary N) is 1. The summed E-state index contributed by atoms with van der Waals surface area (Å²) in [5, 5.41) is 2.82. The zero-order valence-corrected chi connectivity index (χ0v) is 13.2. The fourth-order valence-electron chi connectivity index (χ4n) is 1.82. The van der Waals surface area contributed by atoms with Gasteiger partial charge in [0.15, 0.2) is 0 Å². The first kappa shape index (κ1) is 17.0. The normalized spacial score (nSPS) is 10.3. The van der Waals surface area contributed by atoms with E-state index in [4.69, 9.17) is 4.74 Å². The summed E-state index contributed by atoms with van der Waals surface area (Å²) in [6.45, 7) is 6.71. The molecule has 5 nitrogen and oxygen atoms in total. The highest BCUT2D eigenvalue weighted by Gasteiger charge is 2.11. The minimum absolute atomic E-state index is 0.00273. The molecule has 1 aromatic rings. The molecular formula is C16H24N2O3. The fraction of sp³-hybridized carbons (Fsp3) is 0.500. The zero-order chi connectivity index (χ0) is 15.8. The summed E-state index contributed by atoms with van der Waals surface area (Å²) in [6.07, 6.45) is 0. The predicted octanol–water partition coefficient (Wildman–Crippen LogP) is 1.82. The Kier molecular flexibility index (Phi) is 6.72. The first-order valence-corrected chi connectivity index (χ1v) is 7.10. The van der Waals surface area contributed by atoms with Crippen molar-refractivity contribution in [2.45, 2.75) is 27.3 Å². The van der Waals surface area contributed by atoms with Crippen LogP contribution in [0.25, 0.3) is 0 Å². The molecule has 21 heavy (non-hydrogen) atoms. The van der Waals surface area contributed by atoms with Crippen LogP contribution >= 0.6 is 0 Å². The van der Waals surface area contributed by atoms with E-state index >= 15 is 0 Å². The summed E-state index contributed by atoms with van der Waals surface area (Å²) in [4.78, 5) is 24.9. The third-order valence-electron chi connectivity index (χ3n) is 3.18. The number of hydrogen-bond acceptors (Lipinski definition) is 3. The SMILES string of the molecule is COc1ccc(CN(CCNC(=O)C(C)C)C(C)=O)cc1. The van der Waals surface area contributed by atoms with Gasteiger partial charge in [-0.2, -0.15) is 0 Å². The molecule has 0 heterocycles. The molecule has 116 valence electrons. The molecule has 0 atom stereocenters. The molecule has 1 N–H and O–H groups in total. The zero-order valence-electron chi connectivity index (χ0n) is 13.2. The molecular weight excluding hydrogens is 268 g/mol. The van der Waals surface area contributed by atoms with Crippen molar-refractivity contribution in [1.29, 1.82) is 0 Å². The Morgan fingerprint density at radius 3 is 2.33 bits per heavy atom.